The first-order chi connectivity index (χ1) is 12.8. The lowest BCUT2D eigenvalue weighted by molar-refractivity contribution is -0.121. The largest absolute Gasteiger partial charge is 0.361 e. The van der Waals surface area contributed by atoms with Crippen molar-refractivity contribution >= 4 is 28.1 Å². The number of aromatic amines is 1. The van der Waals surface area contributed by atoms with Crippen LogP contribution in [0.3, 0.4) is 0 Å². The van der Waals surface area contributed by atoms with E-state index in [2.05, 4.69) is 40.6 Å². The molecule has 4 aromatic rings. The molecule has 0 aliphatic carbocycles. The monoisotopic (exact) mass is 360 g/mol. The van der Waals surface area contributed by atoms with Crippen LogP contribution >= 0.6 is 11.3 Å². The molecule has 2 heterocycles. The Hall–Kier alpha value is -2.85. The molecule has 1 atom stereocenters. The van der Waals surface area contributed by atoms with Crippen molar-refractivity contribution < 1.29 is 4.79 Å². The Kier molecular flexibility index (Phi) is 4.84. The Morgan fingerprint density at radius 2 is 1.81 bits per heavy atom. The minimum absolute atomic E-state index is 0.0672. The molecule has 0 bridgehead atoms. The number of H-pyrrole nitrogens is 1. The normalized spacial score (nSPS) is 12.2. The van der Waals surface area contributed by atoms with Crippen LogP contribution in [0.5, 0.6) is 0 Å². The van der Waals surface area contributed by atoms with Gasteiger partial charge in [-0.1, -0.05) is 54.6 Å². The molecule has 3 nitrogen and oxygen atoms in total. The van der Waals surface area contributed by atoms with Gasteiger partial charge in [-0.15, -0.1) is 11.3 Å². The standard InChI is InChI=1S/C22H20N2OS/c25-21(13-12-17-15-23-19-10-5-4-9-18(17)19)24-22(20-11-6-14-26-20)16-7-2-1-3-8-16/h1-11,14-15,22-23H,12-13H2,(H,24,25). The van der Waals surface area contributed by atoms with Crippen LogP contribution in [-0.2, 0) is 11.2 Å². The summed E-state index contributed by atoms with van der Waals surface area (Å²) in [6.07, 6.45) is 3.20. The van der Waals surface area contributed by atoms with Gasteiger partial charge in [0.1, 0.15) is 0 Å². The van der Waals surface area contributed by atoms with Gasteiger partial charge in [0, 0.05) is 28.4 Å². The van der Waals surface area contributed by atoms with Crippen LogP contribution < -0.4 is 5.32 Å². The molecular formula is C22H20N2OS. The highest BCUT2D eigenvalue weighted by Crippen LogP contribution is 2.26. The number of hydrogen-bond donors (Lipinski definition) is 2. The van der Waals surface area contributed by atoms with Gasteiger partial charge in [-0.2, -0.15) is 0 Å². The average molecular weight is 360 g/mol. The number of thiophene rings is 1. The van der Waals surface area contributed by atoms with E-state index in [1.807, 2.05) is 48.0 Å². The maximum atomic E-state index is 12.6. The van der Waals surface area contributed by atoms with E-state index in [4.69, 9.17) is 0 Å². The molecule has 1 unspecified atom stereocenters. The third kappa shape index (κ3) is 3.55. The maximum Gasteiger partial charge on any atom is 0.221 e. The second kappa shape index (κ2) is 7.58. The summed E-state index contributed by atoms with van der Waals surface area (Å²) < 4.78 is 0. The highest BCUT2D eigenvalue weighted by molar-refractivity contribution is 7.10. The van der Waals surface area contributed by atoms with Gasteiger partial charge < -0.3 is 10.3 Å². The number of hydrogen-bond acceptors (Lipinski definition) is 2. The van der Waals surface area contributed by atoms with Gasteiger partial charge in [-0.25, -0.2) is 0 Å². The summed E-state index contributed by atoms with van der Waals surface area (Å²) in [5, 5.41) is 6.45. The van der Waals surface area contributed by atoms with Crippen LogP contribution in [0.25, 0.3) is 10.9 Å². The Morgan fingerprint density at radius 1 is 1.00 bits per heavy atom. The first-order valence-electron chi connectivity index (χ1n) is 8.74. The Bertz CT molecular complexity index is 989. The van der Waals surface area contributed by atoms with Crippen LogP contribution in [0.2, 0.25) is 0 Å². The number of fused-ring (bicyclic) bond motifs is 1. The molecule has 4 heteroatoms. The molecule has 2 aromatic heterocycles. The number of aryl methyl sites for hydroxylation is 1. The number of nitrogens with one attached hydrogen (secondary N) is 2. The second-order valence-corrected chi connectivity index (χ2v) is 7.27. The van der Waals surface area contributed by atoms with Crippen molar-refractivity contribution in [2.75, 3.05) is 0 Å². The lowest BCUT2D eigenvalue weighted by atomic mass is 10.0. The van der Waals surface area contributed by atoms with Crippen molar-refractivity contribution in [3.63, 3.8) is 0 Å². The molecule has 0 aliphatic rings. The summed E-state index contributed by atoms with van der Waals surface area (Å²) in [7, 11) is 0. The number of carbonyl (C=O) groups is 1. The molecular weight excluding hydrogens is 340 g/mol. The van der Waals surface area contributed by atoms with Crippen LogP contribution in [0.4, 0.5) is 0 Å². The highest BCUT2D eigenvalue weighted by atomic mass is 32.1. The van der Waals surface area contributed by atoms with Crippen molar-refractivity contribution in [3.05, 3.63) is 94.3 Å². The van der Waals surface area contributed by atoms with E-state index in [9.17, 15) is 4.79 Å². The fourth-order valence-electron chi connectivity index (χ4n) is 3.24. The topological polar surface area (TPSA) is 44.9 Å². The summed E-state index contributed by atoms with van der Waals surface area (Å²) in [6.45, 7) is 0. The second-order valence-electron chi connectivity index (χ2n) is 6.29. The zero-order chi connectivity index (χ0) is 17.8. The van der Waals surface area contributed by atoms with Gasteiger partial charge in [-0.3, -0.25) is 4.79 Å². The summed E-state index contributed by atoms with van der Waals surface area (Å²) in [5.74, 6) is 0.0672. The van der Waals surface area contributed by atoms with E-state index >= 15 is 0 Å². The lowest BCUT2D eigenvalue weighted by Crippen LogP contribution is -2.28. The third-order valence-corrected chi connectivity index (χ3v) is 5.50. The Labute approximate surface area is 156 Å². The van der Waals surface area contributed by atoms with Crippen molar-refractivity contribution in [3.8, 4) is 0 Å². The first kappa shape index (κ1) is 16.6. The van der Waals surface area contributed by atoms with Gasteiger partial charge >= 0.3 is 0 Å². The van der Waals surface area contributed by atoms with Gasteiger partial charge in [0.05, 0.1) is 6.04 Å². The van der Waals surface area contributed by atoms with E-state index in [-0.39, 0.29) is 11.9 Å². The molecule has 26 heavy (non-hydrogen) atoms. The van der Waals surface area contributed by atoms with Crippen LogP contribution in [0.15, 0.2) is 78.3 Å². The van der Waals surface area contributed by atoms with E-state index in [0.717, 1.165) is 22.4 Å². The molecule has 0 fully saturated rings. The molecule has 0 spiro atoms. The fourth-order valence-corrected chi connectivity index (χ4v) is 4.04. The Morgan fingerprint density at radius 3 is 2.62 bits per heavy atom. The fraction of sp³-hybridized carbons (Fsp3) is 0.136. The molecule has 0 saturated heterocycles. The summed E-state index contributed by atoms with van der Waals surface area (Å²) >= 11 is 1.67. The predicted molar refractivity (Wildman–Crippen MR) is 107 cm³/mol. The number of aromatic nitrogens is 1. The minimum atomic E-state index is -0.0910. The third-order valence-electron chi connectivity index (χ3n) is 4.56. The molecule has 0 radical (unpaired) electrons. The van der Waals surface area contributed by atoms with Crippen molar-refractivity contribution in [1.29, 1.82) is 0 Å². The first-order valence-corrected chi connectivity index (χ1v) is 9.62. The van der Waals surface area contributed by atoms with Crippen molar-refractivity contribution in [1.82, 2.24) is 10.3 Å². The van der Waals surface area contributed by atoms with Gasteiger partial charge in [-0.05, 0) is 35.1 Å². The van der Waals surface area contributed by atoms with Crippen LogP contribution in [0, 0.1) is 0 Å². The molecule has 0 saturated carbocycles. The van der Waals surface area contributed by atoms with Crippen molar-refractivity contribution in [2.24, 2.45) is 0 Å². The van der Waals surface area contributed by atoms with E-state index in [1.54, 1.807) is 11.3 Å². The summed E-state index contributed by atoms with van der Waals surface area (Å²) in [4.78, 5) is 17.1. The van der Waals surface area contributed by atoms with Gasteiger partial charge in [0.15, 0.2) is 0 Å². The highest BCUT2D eigenvalue weighted by Gasteiger charge is 2.17. The zero-order valence-electron chi connectivity index (χ0n) is 14.3. The average Bonchev–Trinajstić information content (AvgIpc) is 3.35. The number of rotatable bonds is 6. The molecule has 2 aromatic carbocycles. The maximum absolute atomic E-state index is 12.6. The van der Waals surface area contributed by atoms with Crippen LogP contribution in [-0.4, -0.2) is 10.9 Å². The number of amides is 1. The SMILES string of the molecule is O=C(CCc1c[nH]c2ccccc12)NC(c1ccccc1)c1cccs1. The number of benzene rings is 2. The molecule has 4 rings (SSSR count). The summed E-state index contributed by atoms with van der Waals surface area (Å²) in [6, 6.07) is 22.3. The zero-order valence-corrected chi connectivity index (χ0v) is 15.1. The minimum Gasteiger partial charge on any atom is -0.361 e. The smallest absolute Gasteiger partial charge is 0.221 e. The van der Waals surface area contributed by atoms with E-state index < -0.39 is 0 Å². The van der Waals surface area contributed by atoms with Gasteiger partial charge in [0.2, 0.25) is 5.91 Å². The molecule has 0 aliphatic heterocycles. The molecule has 1 amide bonds. The van der Waals surface area contributed by atoms with E-state index in [0.29, 0.717) is 6.42 Å². The predicted octanol–water partition coefficient (Wildman–Crippen LogP) is 5.07. The van der Waals surface area contributed by atoms with Crippen LogP contribution in [0.1, 0.15) is 28.5 Å². The van der Waals surface area contributed by atoms with E-state index in [1.165, 1.54) is 10.9 Å². The number of para-hydroxylation sites is 1. The van der Waals surface area contributed by atoms with Gasteiger partial charge in [0.25, 0.3) is 0 Å². The van der Waals surface area contributed by atoms with Crippen molar-refractivity contribution in [2.45, 2.75) is 18.9 Å². The molecule has 130 valence electrons. The molecule has 2 N–H and O–H groups in total. The Balaban J connectivity index is 1.47. The summed E-state index contributed by atoms with van der Waals surface area (Å²) in [5.41, 5.74) is 3.40. The number of carbonyl (C=O) groups excluding carboxylic acids is 1. The lowest BCUT2D eigenvalue weighted by Gasteiger charge is -2.18. The quantitative estimate of drug-likeness (QED) is 0.495.